The molecule has 0 aliphatic rings. The number of aryl methyl sites for hydroxylation is 1. The van der Waals surface area contributed by atoms with Crippen molar-refractivity contribution in [3.8, 4) is 0 Å². The molecule has 1 atom stereocenters. The summed E-state index contributed by atoms with van der Waals surface area (Å²) in [6.45, 7) is 6.61. The number of para-hydroxylation sites is 1. The van der Waals surface area contributed by atoms with Crippen LogP contribution in [0.15, 0.2) is 48.5 Å². The maximum Gasteiger partial charge on any atom is 0.246 e. The molecule has 26 heavy (non-hydrogen) atoms. The minimum absolute atomic E-state index is 0.130. The van der Waals surface area contributed by atoms with Crippen LogP contribution in [0.4, 0.5) is 11.4 Å². The molecule has 2 aromatic carbocycles. The molecule has 0 aliphatic heterocycles. The number of nitrogens with zero attached hydrogens (tertiary/aromatic N) is 1. The Labute approximate surface area is 165 Å². The molecule has 1 amide bonds. The number of benzene rings is 2. The van der Waals surface area contributed by atoms with Crippen LogP contribution in [0.2, 0.25) is 5.02 Å². The monoisotopic (exact) mass is 389 g/mol. The average Bonchev–Trinajstić information content (AvgIpc) is 2.61. The third kappa shape index (κ3) is 5.44. The molecule has 0 saturated carbocycles. The zero-order chi connectivity index (χ0) is 19.1. The minimum Gasteiger partial charge on any atom is -0.337 e. The first-order valence-electron chi connectivity index (χ1n) is 8.62. The second kappa shape index (κ2) is 9.55. The molecule has 0 spiro atoms. The maximum absolute atomic E-state index is 12.7. The van der Waals surface area contributed by atoms with Gasteiger partial charge in [0.1, 0.15) is 6.04 Å². The molecular formula is C20H24ClN3OS. The van der Waals surface area contributed by atoms with Crippen LogP contribution in [0, 0.1) is 6.92 Å². The molecule has 0 radical (unpaired) electrons. The van der Waals surface area contributed by atoms with E-state index in [1.807, 2.05) is 49.1 Å². The standard InChI is InChI=1S/C20H24ClN3OS/c1-4-12-24(20(26)23-18-11-6-5-8-14(18)2)15(3)19(25)22-17-10-7-9-16(21)13-17/h5-11,13,15H,4,12H2,1-3H3,(H,22,25)(H,23,26)/t15-/m0/s1. The second-order valence-corrected chi connectivity index (χ2v) is 6.94. The van der Waals surface area contributed by atoms with Gasteiger partial charge in [-0.05, 0) is 62.3 Å². The molecule has 0 aliphatic carbocycles. The molecule has 0 bridgehead atoms. The van der Waals surface area contributed by atoms with E-state index in [-0.39, 0.29) is 5.91 Å². The van der Waals surface area contributed by atoms with Crippen LogP contribution in [0.3, 0.4) is 0 Å². The molecule has 2 N–H and O–H groups in total. The lowest BCUT2D eigenvalue weighted by atomic mass is 10.2. The van der Waals surface area contributed by atoms with E-state index in [1.54, 1.807) is 18.2 Å². The van der Waals surface area contributed by atoms with Crippen molar-refractivity contribution in [3.63, 3.8) is 0 Å². The maximum atomic E-state index is 12.7. The Morgan fingerprint density at radius 2 is 1.92 bits per heavy atom. The molecule has 4 nitrogen and oxygen atoms in total. The van der Waals surface area contributed by atoms with Gasteiger partial charge >= 0.3 is 0 Å². The topological polar surface area (TPSA) is 44.4 Å². The number of rotatable bonds is 6. The van der Waals surface area contributed by atoms with E-state index < -0.39 is 6.04 Å². The Hall–Kier alpha value is -2.11. The summed E-state index contributed by atoms with van der Waals surface area (Å²) in [7, 11) is 0. The Kier molecular flexibility index (Phi) is 7.42. The van der Waals surface area contributed by atoms with Gasteiger partial charge in [0.05, 0.1) is 0 Å². The van der Waals surface area contributed by atoms with Crippen molar-refractivity contribution in [1.29, 1.82) is 0 Å². The lowest BCUT2D eigenvalue weighted by Crippen LogP contribution is -2.47. The summed E-state index contributed by atoms with van der Waals surface area (Å²) < 4.78 is 0. The van der Waals surface area contributed by atoms with Gasteiger partial charge in [-0.1, -0.05) is 42.8 Å². The van der Waals surface area contributed by atoms with E-state index >= 15 is 0 Å². The van der Waals surface area contributed by atoms with Gasteiger partial charge in [0.15, 0.2) is 5.11 Å². The first-order valence-corrected chi connectivity index (χ1v) is 9.40. The lowest BCUT2D eigenvalue weighted by molar-refractivity contribution is -0.119. The first-order chi connectivity index (χ1) is 12.4. The number of hydrogen-bond donors (Lipinski definition) is 2. The van der Waals surface area contributed by atoms with Gasteiger partial charge in [-0.2, -0.15) is 0 Å². The Bertz CT molecular complexity index is 781. The van der Waals surface area contributed by atoms with Crippen molar-refractivity contribution < 1.29 is 4.79 Å². The van der Waals surface area contributed by atoms with E-state index in [0.29, 0.717) is 22.4 Å². The quantitative estimate of drug-likeness (QED) is 0.676. The van der Waals surface area contributed by atoms with Crippen molar-refractivity contribution in [2.45, 2.75) is 33.2 Å². The van der Waals surface area contributed by atoms with Gasteiger partial charge < -0.3 is 15.5 Å². The number of nitrogens with one attached hydrogen (secondary N) is 2. The van der Waals surface area contributed by atoms with Crippen LogP contribution in [0.5, 0.6) is 0 Å². The van der Waals surface area contributed by atoms with E-state index in [9.17, 15) is 4.79 Å². The van der Waals surface area contributed by atoms with Crippen LogP contribution in [0.25, 0.3) is 0 Å². The SMILES string of the molecule is CCCN(C(=S)Nc1ccccc1C)[C@@H](C)C(=O)Nc1cccc(Cl)c1. The Morgan fingerprint density at radius 3 is 2.58 bits per heavy atom. The highest BCUT2D eigenvalue weighted by Gasteiger charge is 2.23. The largest absolute Gasteiger partial charge is 0.337 e. The van der Waals surface area contributed by atoms with Crippen molar-refractivity contribution in [2.75, 3.05) is 17.2 Å². The number of amides is 1. The van der Waals surface area contributed by atoms with E-state index in [2.05, 4.69) is 17.6 Å². The van der Waals surface area contributed by atoms with Crippen LogP contribution < -0.4 is 10.6 Å². The van der Waals surface area contributed by atoms with Gasteiger partial charge in [-0.25, -0.2) is 0 Å². The summed E-state index contributed by atoms with van der Waals surface area (Å²) in [4.78, 5) is 14.6. The van der Waals surface area contributed by atoms with Crippen LogP contribution >= 0.6 is 23.8 Å². The molecule has 0 saturated heterocycles. The van der Waals surface area contributed by atoms with Gasteiger partial charge in [0.25, 0.3) is 0 Å². The first kappa shape index (κ1) is 20.2. The van der Waals surface area contributed by atoms with Crippen molar-refractivity contribution >= 4 is 46.2 Å². The fraction of sp³-hybridized carbons (Fsp3) is 0.300. The predicted octanol–water partition coefficient (Wildman–Crippen LogP) is 5.08. The molecule has 6 heteroatoms. The molecule has 2 rings (SSSR count). The Balaban J connectivity index is 2.10. The third-order valence-electron chi connectivity index (χ3n) is 4.05. The highest BCUT2D eigenvalue weighted by Crippen LogP contribution is 2.17. The van der Waals surface area contributed by atoms with Gasteiger partial charge in [0, 0.05) is 22.9 Å². The Morgan fingerprint density at radius 1 is 1.19 bits per heavy atom. The molecular weight excluding hydrogens is 366 g/mol. The zero-order valence-corrected chi connectivity index (χ0v) is 16.8. The highest BCUT2D eigenvalue weighted by atomic mass is 35.5. The minimum atomic E-state index is -0.419. The number of anilines is 2. The summed E-state index contributed by atoms with van der Waals surface area (Å²) in [5.74, 6) is -0.130. The van der Waals surface area contributed by atoms with Crippen LogP contribution in [0.1, 0.15) is 25.8 Å². The molecule has 0 fully saturated rings. The van der Waals surface area contributed by atoms with Crippen molar-refractivity contribution in [1.82, 2.24) is 4.90 Å². The molecule has 0 heterocycles. The zero-order valence-electron chi connectivity index (χ0n) is 15.3. The number of carbonyl (C=O) groups excluding carboxylic acids is 1. The summed E-state index contributed by atoms with van der Waals surface area (Å²) in [5.41, 5.74) is 2.71. The smallest absolute Gasteiger partial charge is 0.246 e. The number of halogens is 1. The summed E-state index contributed by atoms with van der Waals surface area (Å²) in [5, 5.41) is 7.28. The van der Waals surface area contributed by atoms with Gasteiger partial charge in [-0.15, -0.1) is 0 Å². The van der Waals surface area contributed by atoms with Crippen LogP contribution in [-0.2, 0) is 4.79 Å². The second-order valence-electron chi connectivity index (χ2n) is 6.11. The molecule has 0 aromatic heterocycles. The van der Waals surface area contributed by atoms with E-state index in [4.69, 9.17) is 23.8 Å². The number of hydrogen-bond acceptors (Lipinski definition) is 2. The molecule has 138 valence electrons. The normalized spacial score (nSPS) is 11.5. The van der Waals surface area contributed by atoms with Crippen molar-refractivity contribution in [3.05, 3.63) is 59.1 Å². The van der Waals surface area contributed by atoms with Gasteiger partial charge in [0.2, 0.25) is 5.91 Å². The van der Waals surface area contributed by atoms with E-state index in [0.717, 1.165) is 17.7 Å². The average molecular weight is 390 g/mol. The summed E-state index contributed by atoms with van der Waals surface area (Å²) >= 11 is 11.6. The fourth-order valence-corrected chi connectivity index (χ4v) is 3.12. The van der Waals surface area contributed by atoms with E-state index in [1.165, 1.54) is 0 Å². The predicted molar refractivity (Wildman–Crippen MR) is 114 cm³/mol. The molecule has 0 unspecified atom stereocenters. The summed E-state index contributed by atoms with van der Waals surface area (Å²) in [6, 6.07) is 14.6. The highest BCUT2D eigenvalue weighted by molar-refractivity contribution is 7.80. The lowest BCUT2D eigenvalue weighted by Gasteiger charge is -2.31. The molecule has 2 aromatic rings. The number of thiocarbonyl (C=S) groups is 1. The van der Waals surface area contributed by atoms with Crippen molar-refractivity contribution in [2.24, 2.45) is 0 Å². The number of carbonyl (C=O) groups is 1. The third-order valence-corrected chi connectivity index (χ3v) is 4.62. The van der Waals surface area contributed by atoms with Gasteiger partial charge in [-0.3, -0.25) is 4.79 Å². The fourth-order valence-electron chi connectivity index (χ4n) is 2.57. The van der Waals surface area contributed by atoms with Crippen LogP contribution in [-0.4, -0.2) is 28.5 Å². The summed E-state index contributed by atoms with van der Waals surface area (Å²) in [6.07, 6.45) is 0.879.